The van der Waals surface area contributed by atoms with E-state index in [1.54, 1.807) is 24.8 Å². The van der Waals surface area contributed by atoms with Gasteiger partial charge in [0.1, 0.15) is 71.6 Å². The zero-order valence-corrected chi connectivity index (χ0v) is 112. The summed E-state index contributed by atoms with van der Waals surface area (Å²) in [5.74, 6) is 9.86. The van der Waals surface area contributed by atoms with Crippen LogP contribution in [-0.2, 0) is 48.2 Å². The molecule has 0 N–H and O–H groups in total. The first-order valence-electron chi connectivity index (χ1n) is 39.6. The summed E-state index contributed by atoms with van der Waals surface area (Å²) in [6.07, 6.45) is 12.6. The fraction of sp³-hybridized carbons (Fsp3) is 0.387. The van der Waals surface area contributed by atoms with E-state index in [4.69, 9.17) is 71.1 Å². The van der Waals surface area contributed by atoms with Gasteiger partial charge in [-0.1, -0.05) is 97.0 Å². The summed E-state index contributed by atoms with van der Waals surface area (Å²) in [6.45, 7) is 31.5. The number of rotatable bonds is 27. The van der Waals surface area contributed by atoms with Crippen LogP contribution in [0.2, 0.25) is 0 Å². The van der Waals surface area contributed by atoms with Gasteiger partial charge in [0.2, 0.25) is 0 Å². The third-order valence-corrected chi connectivity index (χ3v) is 18.4. The van der Waals surface area contributed by atoms with E-state index in [1.165, 1.54) is 17.1 Å². The fourth-order valence-electron chi connectivity index (χ4n) is 12.1. The molecule has 0 bridgehead atoms. The van der Waals surface area contributed by atoms with E-state index in [2.05, 4.69) is 123 Å². The van der Waals surface area contributed by atoms with Gasteiger partial charge < -0.3 is 85.8 Å². The summed E-state index contributed by atoms with van der Waals surface area (Å²) in [5.41, 5.74) is 6.34. The quantitative estimate of drug-likeness (QED) is 0.0680. The Hall–Kier alpha value is 2.44. The number of anilines is 3. The first-order valence-corrected chi connectivity index (χ1v) is 39.6. The first kappa shape index (κ1) is 115. The largest absolute Gasteiger partial charge is 1.00 e. The molecule has 0 aliphatic carbocycles. The van der Waals surface area contributed by atoms with E-state index in [0.717, 1.165) is 127 Å². The van der Waals surface area contributed by atoms with Crippen LogP contribution < -0.4 is 471 Å². The van der Waals surface area contributed by atoms with Crippen molar-refractivity contribution in [3.05, 3.63) is 276 Å². The molecule has 6 aromatic carbocycles. The summed E-state index contributed by atoms with van der Waals surface area (Å²) < 4.78 is 84.5. The maximum atomic E-state index is 5.83. The molecule has 6 unspecified atom stereocenters. The van der Waals surface area contributed by atoms with Crippen molar-refractivity contribution in [2.45, 2.75) is 158 Å². The van der Waals surface area contributed by atoms with Crippen molar-refractivity contribution in [3.63, 3.8) is 0 Å². The molecular weight excluding hydrogens is 2240 g/mol. The Bertz CT molecular complexity index is 3940. The van der Waals surface area contributed by atoms with Crippen molar-refractivity contribution in [3.8, 4) is 51.7 Å². The van der Waals surface area contributed by atoms with Gasteiger partial charge in [-0.25, -0.2) is 39.6 Å². The second-order valence-electron chi connectivity index (χ2n) is 29.3. The molecular formula is C93H114Cs6N6O15. The van der Waals surface area contributed by atoms with Crippen molar-refractivity contribution in [1.29, 1.82) is 0 Å². The van der Waals surface area contributed by atoms with Gasteiger partial charge in [-0.15, -0.1) is 35.5 Å². The van der Waals surface area contributed by atoms with E-state index in [9.17, 15) is 0 Å². The van der Waals surface area contributed by atoms with Gasteiger partial charge in [-0.2, -0.15) is 0 Å². The maximum Gasteiger partial charge on any atom is 1.00 e. The van der Waals surface area contributed by atoms with Gasteiger partial charge in [0.25, 0.3) is 0 Å². The van der Waals surface area contributed by atoms with Gasteiger partial charge in [-0.3, -0.25) is 15.0 Å². The Morgan fingerprint density at radius 2 is 0.650 bits per heavy atom. The van der Waals surface area contributed by atoms with Gasteiger partial charge in [0, 0.05) is 119 Å². The van der Waals surface area contributed by atoms with Crippen LogP contribution in [0.5, 0.6) is 51.7 Å². The molecule has 0 amide bonds. The Balaban J connectivity index is 0.000000300. The minimum Gasteiger partial charge on any atom is -0.520 e. The number of ether oxygens (including phenoxy) is 15. The van der Waals surface area contributed by atoms with Gasteiger partial charge in [0.05, 0.1) is 11.4 Å². The van der Waals surface area contributed by atoms with E-state index in [1.807, 2.05) is 224 Å². The van der Waals surface area contributed by atoms with E-state index in [0.29, 0.717) is 55.3 Å². The molecule has 15 rings (SSSR count). The number of aromatic nitrogens is 3. The smallest absolute Gasteiger partial charge is 0.520 e. The summed E-state index contributed by atoms with van der Waals surface area (Å²) in [4.78, 5) is 19.0. The molecule has 3 aromatic heterocycles. The zero-order valence-electron chi connectivity index (χ0n) is 74.0. The Labute approximate surface area is 1070 Å². The molecule has 6 aliphatic rings. The molecule has 120 heavy (non-hydrogen) atoms. The van der Waals surface area contributed by atoms with Crippen LogP contribution in [0, 0.1) is 75.1 Å². The van der Waals surface area contributed by atoms with Gasteiger partial charge in [-0.05, 0) is 167 Å². The Kier molecular flexibility index (Phi) is 62.3. The standard InChI is InChI=1S/3C17H18NO3.C15H22NO2.C14H20NO2.C13H18NO2.6Cs/c1-13-8-17(20-11-13)21-16-6-2-5-15(9-16)19-12-14-4-3-7-18-10-14;2*1-13-9-17(20-11-13)21-16-7-4-6-15(10-16)19-12-14-5-2-3-8-18-14;1-4-8-16(3)13-6-5-7-14(10-13)18-15-9-12(2)11-17-15;1-4-15(3)12-6-5-7-13(9-12)17-14-8-11(2)10-16-14;1-10-8-13(15-9-10)16-12-6-4-11(5-7-12)14(2)3;;;;;;/h2-7,9-11,13,17H,8,12H2,1H3;2*2-8,10-11,13,17H,9,12H2,1H3;5-7,10-12,15H,4,8-9H2,1-3H3;5-7,9-11,14H,4,8H2,1-3H3;4-7,9-10,13H,8H2,1-3H3;;;;;;/q6*-1;6*+1/t3*13-,17?;12-,15?;11-,14?;10-,13?;;;;;;/m111111....../s1. The van der Waals surface area contributed by atoms with Crippen LogP contribution in [0.15, 0.2) is 219 Å². The molecule has 6 saturated heterocycles. The predicted octanol–water partition coefficient (Wildman–Crippen LogP) is 1.97. The molecule has 9 heterocycles. The molecule has 12 atom stereocenters. The second kappa shape index (κ2) is 65.1. The third kappa shape index (κ3) is 44.5. The normalized spacial score (nSPS) is 21.2. The molecule has 6 fully saturated rings. The van der Waals surface area contributed by atoms with Crippen LogP contribution in [0.4, 0.5) is 17.1 Å². The number of hydrogen-bond acceptors (Lipinski definition) is 21. The number of hydrogen-bond donors (Lipinski definition) is 0. The van der Waals surface area contributed by atoms with Gasteiger partial charge >= 0.3 is 413 Å². The van der Waals surface area contributed by atoms with Gasteiger partial charge in [0.15, 0.2) is 37.7 Å². The molecule has 6 aliphatic heterocycles. The van der Waals surface area contributed by atoms with E-state index >= 15 is 0 Å². The Morgan fingerprint density at radius 3 is 0.950 bits per heavy atom. The molecule has 27 heteroatoms. The molecule has 0 saturated carbocycles. The molecule has 9 aromatic rings. The summed E-state index contributed by atoms with van der Waals surface area (Å²) in [6, 6.07) is 62.5. The topological polar surface area (TPSA) is 187 Å². The zero-order chi connectivity index (χ0) is 80.2. The van der Waals surface area contributed by atoms with Crippen molar-refractivity contribution >= 4 is 17.1 Å². The third-order valence-electron chi connectivity index (χ3n) is 18.4. The number of nitrogens with zero attached hydrogens (tertiary/aromatic N) is 6. The predicted molar refractivity (Wildman–Crippen MR) is 443 cm³/mol. The minimum atomic E-state index is -0.203. The van der Waals surface area contributed by atoms with Crippen molar-refractivity contribution < 1.29 is 484 Å². The summed E-state index contributed by atoms with van der Waals surface area (Å²) >= 11 is 0. The Morgan fingerprint density at radius 1 is 0.325 bits per heavy atom. The average molecular weight is 2350 g/mol. The second-order valence-corrected chi connectivity index (χ2v) is 29.3. The minimum absolute atomic E-state index is 0. The maximum absolute atomic E-state index is 5.83. The first-order chi connectivity index (χ1) is 55.4. The van der Waals surface area contributed by atoms with Crippen molar-refractivity contribution in [2.75, 3.05) is 56.0 Å². The van der Waals surface area contributed by atoms with Crippen LogP contribution in [-0.4, -0.2) is 94.0 Å². The molecule has 0 spiro atoms. The number of benzene rings is 6. The summed E-state index contributed by atoms with van der Waals surface area (Å²) in [7, 11) is 8.21. The number of pyridine rings is 3. The summed E-state index contributed by atoms with van der Waals surface area (Å²) in [5, 5.41) is 0. The van der Waals surface area contributed by atoms with Crippen LogP contribution in [0.1, 0.15) is 117 Å². The van der Waals surface area contributed by atoms with Crippen molar-refractivity contribution in [1.82, 2.24) is 15.0 Å². The monoisotopic (exact) mass is 2350 g/mol. The molecule has 0 radical (unpaired) electrons. The van der Waals surface area contributed by atoms with E-state index < -0.39 is 0 Å². The molecule has 612 valence electrons. The SMILES string of the molecule is CCCN(C)c1cccc(OC2C[C@@H](C)[CH-]O2)c1.CCN(C)c1cccc(OC2C[C@@H](C)[CH-]O2)c1.C[C@H]1[CH-]OC(Oc2ccc(N(C)C)cc2)C1.C[C@H]1[CH-]OC(Oc2cccc(OCc3ccccn3)c2)C1.C[C@H]1[CH-]OC(Oc2cccc(OCc3ccccn3)c2)C1.C[C@H]1[CH-]OC(Oc2cccc(OCc3cccnc3)c2)C1.[Cs+].[Cs+].[Cs+].[Cs+].[Cs+].[Cs+]. The van der Waals surface area contributed by atoms with Crippen molar-refractivity contribution in [2.24, 2.45) is 35.5 Å². The van der Waals surface area contributed by atoms with Crippen LogP contribution in [0.3, 0.4) is 0 Å². The van der Waals surface area contributed by atoms with Crippen LogP contribution in [0.25, 0.3) is 0 Å². The fourth-order valence-corrected chi connectivity index (χ4v) is 12.1. The molecule has 21 nitrogen and oxygen atoms in total. The van der Waals surface area contributed by atoms with E-state index in [-0.39, 0.29) is 451 Å². The average Bonchev–Trinajstić information content (AvgIpc) is 1.52. The van der Waals surface area contributed by atoms with Crippen LogP contribution >= 0.6 is 0 Å².